The molecule has 0 spiro atoms. The third kappa shape index (κ3) is 4.90. The van der Waals surface area contributed by atoms with Crippen molar-refractivity contribution in [3.8, 4) is 0 Å². The lowest BCUT2D eigenvalue weighted by atomic mass is 10.0. The molecule has 8 heteroatoms. The second-order valence-electron chi connectivity index (χ2n) is 8.37. The van der Waals surface area contributed by atoms with Crippen molar-refractivity contribution in [2.75, 3.05) is 31.1 Å². The highest BCUT2D eigenvalue weighted by Gasteiger charge is 2.31. The lowest BCUT2D eigenvalue weighted by Gasteiger charge is -2.40. The summed E-state index contributed by atoms with van der Waals surface area (Å²) in [6, 6.07) is 13.2. The van der Waals surface area contributed by atoms with Crippen molar-refractivity contribution >= 4 is 5.69 Å². The van der Waals surface area contributed by atoms with Gasteiger partial charge in [-0.2, -0.15) is 0 Å². The van der Waals surface area contributed by atoms with Gasteiger partial charge in [0.15, 0.2) is 5.82 Å². The summed E-state index contributed by atoms with van der Waals surface area (Å²) < 4.78 is 29.7. The highest BCUT2D eigenvalue weighted by atomic mass is 19.1. The topological polar surface area (TPSA) is 50.1 Å². The number of anilines is 1. The Balaban J connectivity index is 1.59. The smallest absolute Gasteiger partial charge is 0.173 e. The largest absolute Gasteiger partial charge is 0.367 e. The number of para-hydroxylation sites is 1. The molecule has 1 saturated heterocycles. The van der Waals surface area contributed by atoms with E-state index in [1.807, 2.05) is 16.8 Å². The molecule has 0 aliphatic carbocycles. The number of piperazine rings is 1. The highest BCUT2D eigenvalue weighted by molar-refractivity contribution is 5.48. The number of nitrogens with zero attached hydrogens (tertiary/aromatic N) is 6. The molecule has 0 unspecified atom stereocenters. The molecule has 1 fully saturated rings. The number of aromatic nitrogens is 4. The average molecular weight is 427 g/mol. The van der Waals surface area contributed by atoms with Crippen LogP contribution in [0.4, 0.5) is 14.5 Å². The van der Waals surface area contributed by atoms with Gasteiger partial charge in [0.2, 0.25) is 0 Å². The molecule has 164 valence electrons. The highest BCUT2D eigenvalue weighted by Crippen LogP contribution is 2.30. The first-order valence-corrected chi connectivity index (χ1v) is 10.8. The molecule has 1 aromatic heterocycles. The van der Waals surface area contributed by atoms with Crippen LogP contribution in [-0.2, 0) is 6.54 Å². The van der Waals surface area contributed by atoms with E-state index in [2.05, 4.69) is 39.2 Å². The summed E-state index contributed by atoms with van der Waals surface area (Å²) in [6.07, 6.45) is 0.967. The van der Waals surface area contributed by atoms with Gasteiger partial charge < -0.3 is 4.90 Å². The van der Waals surface area contributed by atoms with E-state index in [0.29, 0.717) is 37.8 Å². The predicted octanol–water partition coefficient (Wildman–Crippen LogP) is 3.91. The minimum absolute atomic E-state index is 0.189. The van der Waals surface area contributed by atoms with E-state index in [4.69, 9.17) is 0 Å². The van der Waals surface area contributed by atoms with E-state index in [1.165, 1.54) is 18.2 Å². The number of tetrazole rings is 1. The molecule has 0 saturated carbocycles. The van der Waals surface area contributed by atoms with Gasteiger partial charge in [-0.25, -0.2) is 13.5 Å². The maximum atomic E-state index is 14.2. The molecular formula is C23H28F2N6. The van der Waals surface area contributed by atoms with Crippen LogP contribution in [0.3, 0.4) is 0 Å². The fourth-order valence-corrected chi connectivity index (χ4v) is 4.04. The Kier molecular flexibility index (Phi) is 6.56. The van der Waals surface area contributed by atoms with Crippen LogP contribution in [-0.4, -0.2) is 51.3 Å². The Morgan fingerprint density at radius 3 is 2.32 bits per heavy atom. The second-order valence-corrected chi connectivity index (χ2v) is 8.37. The Labute approximate surface area is 181 Å². The normalized spacial score (nSPS) is 16.1. The van der Waals surface area contributed by atoms with E-state index in [1.54, 1.807) is 18.2 Å². The summed E-state index contributed by atoms with van der Waals surface area (Å²) >= 11 is 0. The first kappa shape index (κ1) is 21.4. The number of benzene rings is 2. The van der Waals surface area contributed by atoms with Crippen molar-refractivity contribution in [1.29, 1.82) is 0 Å². The standard InChI is InChI=1S/C23H28F2N6/c1-17(2)11-12-31-23(26-27-28-31)22(18-7-9-19(24)10-8-18)30-15-13-29(14-16-30)21-6-4-3-5-20(21)25/h3-10,17,22H,11-16H2,1-2H3/t22-/m1/s1. The van der Waals surface area contributed by atoms with Crippen LogP contribution in [0.2, 0.25) is 0 Å². The Morgan fingerprint density at radius 2 is 1.65 bits per heavy atom. The number of hydrogen-bond donors (Lipinski definition) is 0. The maximum absolute atomic E-state index is 14.2. The molecule has 0 amide bonds. The quantitative estimate of drug-likeness (QED) is 0.573. The third-order valence-electron chi connectivity index (χ3n) is 5.78. The molecule has 1 aliphatic heterocycles. The summed E-state index contributed by atoms with van der Waals surface area (Å²) in [5.74, 6) is 0.812. The van der Waals surface area contributed by atoms with Gasteiger partial charge in [0.1, 0.15) is 11.6 Å². The summed E-state index contributed by atoms with van der Waals surface area (Å²) in [7, 11) is 0. The fraction of sp³-hybridized carbons (Fsp3) is 0.435. The van der Waals surface area contributed by atoms with Crippen LogP contribution in [0.25, 0.3) is 0 Å². The molecule has 0 bridgehead atoms. The summed E-state index contributed by atoms with van der Waals surface area (Å²) in [5.41, 5.74) is 1.57. The van der Waals surface area contributed by atoms with E-state index >= 15 is 0 Å². The van der Waals surface area contributed by atoms with Gasteiger partial charge in [0.25, 0.3) is 0 Å². The van der Waals surface area contributed by atoms with E-state index in [-0.39, 0.29) is 17.7 Å². The molecular weight excluding hydrogens is 398 g/mol. The molecule has 31 heavy (non-hydrogen) atoms. The lowest BCUT2D eigenvalue weighted by molar-refractivity contribution is 0.199. The van der Waals surface area contributed by atoms with Gasteiger partial charge in [0, 0.05) is 32.7 Å². The van der Waals surface area contributed by atoms with Crippen molar-refractivity contribution in [2.24, 2.45) is 5.92 Å². The Hall–Kier alpha value is -2.87. The van der Waals surface area contributed by atoms with Gasteiger partial charge >= 0.3 is 0 Å². The van der Waals surface area contributed by atoms with Crippen LogP contribution in [0.5, 0.6) is 0 Å². The van der Waals surface area contributed by atoms with Crippen LogP contribution >= 0.6 is 0 Å². The zero-order chi connectivity index (χ0) is 21.8. The predicted molar refractivity (Wildman–Crippen MR) is 116 cm³/mol. The van der Waals surface area contributed by atoms with Gasteiger partial charge in [-0.05, 0) is 52.6 Å². The SMILES string of the molecule is CC(C)CCn1nnnc1[C@@H](c1ccc(F)cc1)N1CCN(c2ccccc2F)CC1. The maximum Gasteiger partial charge on any atom is 0.173 e. The van der Waals surface area contributed by atoms with Gasteiger partial charge in [-0.3, -0.25) is 4.90 Å². The monoisotopic (exact) mass is 426 g/mol. The number of hydrogen-bond acceptors (Lipinski definition) is 5. The van der Waals surface area contributed by atoms with Crippen molar-refractivity contribution in [3.63, 3.8) is 0 Å². The van der Waals surface area contributed by atoms with Gasteiger partial charge in [-0.1, -0.05) is 38.1 Å². The van der Waals surface area contributed by atoms with Crippen LogP contribution in [0.15, 0.2) is 48.5 Å². The number of rotatable bonds is 7. The molecule has 0 N–H and O–H groups in total. The molecule has 3 aromatic rings. The van der Waals surface area contributed by atoms with Crippen molar-refractivity contribution < 1.29 is 8.78 Å². The van der Waals surface area contributed by atoms with E-state index < -0.39 is 0 Å². The molecule has 2 heterocycles. The second kappa shape index (κ2) is 9.51. The molecule has 4 rings (SSSR count). The van der Waals surface area contributed by atoms with E-state index in [9.17, 15) is 8.78 Å². The first-order valence-electron chi connectivity index (χ1n) is 10.8. The molecule has 1 atom stereocenters. The van der Waals surface area contributed by atoms with Crippen LogP contribution < -0.4 is 4.90 Å². The summed E-state index contributed by atoms with van der Waals surface area (Å²) in [5, 5.41) is 12.5. The zero-order valence-corrected chi connectivity index (χ0v) is 18.0. The minimum atomic E-state index is -0.272. The molecule has 1 aliphatic rings. The summed E-state index contributed by atoms with van der Waals surface area (Å²) in [4.78, 5) is 4.36. The first-order chi connectivity index (χ1) is 15.0. The molecule has 0 radical (unpaired) electrons. The minimum Gasteiger partial charge on any atom is -0.367 e. The number of aryl methyl sites for hydroxylation is 1. The molecule has 2 aromatic carbocycles. The molecule has 6 nitrogen and oxygen atoms in total. The number of halogens is 2. The van der Waals surface area contributed by atoms with Crippen LogP contribution in [0, 0.1) is 17.6 Å². The Morgan fingerprint density at radius 1 is 0.935 bits per heavy atom. The van der Waals surface area contributed by atoms with E-state index in [0.717, 1.165) is 24.4 Å². The third-order valence-corrected chi connectivity index (χ3v) is 5.78. The van der Waals surface area contributed by atoms with Crippen molar-refractivity contribution in [1.82, 2.24) is 25.1 Å². The van der Waals surface area contributed by atoms with Crippen molar-refractivity contribution in [3.05, 3.63) is 71.6 Å². The van der Waals surface area contributed by atoms with Crippen LogP contribution in [0.1, 0.15) is 37.7 Å². The fourth-order valence-electron chi connectivity index (χ4n) is 4.04. The average Bonchev–Trinajstić information content (AvgIpc) is 3.23. The lowest BCUT2D eigenvalue weighted by Crippen LogP contribution is -2.48. The Bertz CT molecular complexity index is 980. The summed E-state index contributed by atoms with van der Waals surface area (Å²) in [6.45, 7) is 7.87. The van der Waals surface area contributed by atoms with Crippen molar-refractivity contribution in [2.45, 2.75) is 32.9 Å². The van der Waals surface area contributed by atoms with Gasteiger partial charge in [-0.15, -0.1) is 5.10 Å². The van der Waals surface area contributed by atoms with Gasteiger partial charge in [0.05, 0.1) is 11.7 Å². The zero-order valence-electron chi connectivity index (χ0n) is 18.0.